The van der Waals surface area contributed by atoms with E-state index >= 15 is 0 Å². The summed E-state index contributed by atoms with van der Waals surface area (Å²) >= 11 is 0. The van der Waals surface area contributed by atoms with Gasteiger partial charge in [-0.15, -0.1) is 0 Å². The lowest BCUT2D eigenvalue weighted by molar-refractivity contribution is -0.122. The number of ketones is 1. The third kappa shape index (κ3) is 4.68. The third-order valence-electron chi connectivity index (χ3n) is 3.47. The maximum atomic E-state index is 12.4. The fourth-order valence-electron chi connectivity index (χ4n) is 2.21. The van der Waals surface area contributed by atoms with E-state index < -0.39 is 6.10 Å². The van der Waals surface area contributed by atoms with Crippen molar-refractivity contribution in [3.05, 3.63) is 59.7 Å². The van der Waals surface area contributed by atoms with Crippen molar-refractivity contribution in [1.29, 1.82) is 0 Å². The van der Waals surface area contributed by atoms with Crippen LogP contribution in [0.4, 0.5) is 5.69 Å². The molecular formula is C19H21NO3. The number of rotatable bonds is 6. The van der Waals surface area contributed by atoms with Crippen LogP contribution in [-0.4, -0.2) is 17.8 Å². The molecule has 0 bridgehead atoms. The first-order valence-corrected chi connectivity index (χ1v) is 7.64. The minimum absolute atomic E-state index is 0.0378. The van der Waals surface area contributed by atoms with Crippen molar-refractivity contribution in [3.8, 4) is 5.75 Å². The topological polar surface area (TPSA) is 55.4 Å². The Hall–Kier alpha value is -2.62. The summed E-state index contributed by atoms with van der Waals surface area (Å²) in [5.41, 5.74) is 2.23. The minimum Gasteiger partial charge on any atom is -0.481 e. The van der Waals surface area contributed by atoms with Gasteiger partial charge in [0.1, 0.15) is 5.75 Å². The molecule has 1 amide bonds. The fraction of sp³-hybridized carbons (Fsp3) is 0.263. The van der Waals surface area contributed by atoms with Crippen LogP contribution in [-0.2, 0) is 4.79 Å². The Morgan fingerprint density at radius 1 is 1.13 bits per heavy atom. The van der Waals surface area contributed by atoms with Crippen molar-refractivity contribution in [3.63, 3.8) is 0 Å². The molecule has 2 aromatic rings. The van der Waals surface area contributed by atoms with E-state index in [1.807, 2.05) is 38.1 Å². The third-order valence-corrected chi connectivity index (χ3v) is 3.47. The molecule has 0 saturated carbocycles. The Kier molecular flexibility index (Phi) is 5.52. The Morgan fingerprint density at radius 3 is 2.52 bits per heavy atom. The summed E-state index contributed by atoms with van der Waals surface area (Å²) in [6.07, 6.45) is -0.0376. The summed E-state index contributed by atoms with van der Waals surface area (Å²) in [5.74, 6) is 0.406. The molecule has 0 aliphatic carbocycles. The number of carbonyl (C=O) groups is 2. The summed E-state index contributed by atoms with van der Waals surface area (Å²) in [6, 6.07) is 14.5. The van der Waals surface area contributed by atoms with Crippen molar-refractivity contribution in [2.75, 3.05) is 5.32 Å². The zero-order valence-corrected chi connectivity index (χ0v) is 13.6. The van der Waals surface area contributed by atoms with Gasteiger partial charge in [-0.05, 0) is 50.1 Å². The maximum Gasteiger partial charge on any atom is 0.265 e. The number of carbonyl (C=O) groups excluding carboxylic acids is 2. The highest BCUT2D eigenvalue weighted by Crippen LogP contribution is 2.17. The predicted molar refractivity (Wildman–Crippen MR) is 91.0 cm³/mol. The number of nitrogens with one attached hydrogen (secondary N) is 1. The zero-order valence-electron chi connectivity index (χ0n) is 13.6. The molecule has 0 heterocycles. The molecular weight excluding hydrogens is 290 g/mol. The van der Waals surface area contributed by atoms with Crippen molar-refractivity contribution in [1.82, 2.24) is 0 Å². The van der Waals surface area contributed by atoms with Gasteiger partial charge < -0.3 is 10.1 Å². The van der Waals surface area contributed by atoms with Gasteiger partial charge >= 0.3 is 0 Å². The van der Waals surface area contributed by atoms with Gasteiger partial charge in [-0.1, -0.05) is 31.2 Å². The Bertz CT molecular complexity index is 709. The molecule has 0 aromatic heterocycles. The van der Waals surface area contributed by atoms with Gasteiger partial charge in [-0.3, -0.25) is 9.59 Å². The number of anilines is 1. The second-order valence-corrected chi connectivity index (χ2v) is 5.46. The Balaban J connectivity index is 2.08. The highest BCUT2D eigenvalue weighted by Gasteiger charge is 2.18. The van der Waals surface area contributed by atoms with Crippen LogP contribution < -0.4 is 10.1 Å². The number of aryl methyl sites for hydroxylation is 1. The zero-order chi connectivity index (χ0) is 16.8. The van der Waals surface area contributed by atoms with Crippen molar-refractivity contribution < 1.29 is 14.3 Å². The quantitative estimate of drug-likeness (QED) is 0.821. The molecule has 0 aliphatic heterocycles. The number of hydrogen-bond acceptors (Lipinski definition) is 3. The van der Waals surface area contributed by atoms with Gasteiger partial charge in [0.15, 0.2) is 11.9 Å². The molecule has 4 nitrogen and oxygen atoms in total. The first kappa shape index (κ1) is 16.7. The monoisotopic (exact) mass is 311 g/mol. The van der Waals surface area contributed by atoms with Crippen LogP contribution in [0.15, 0.2) is 48.5 Å². The number of ether oxygens (including phenoxy) is 1. The van der Waals surface area contributed by atoms with Crippen LogP contribution >= 0.6 is 0 Å². The second kappa shape index (κ2) is 7.58. The van der Waals surface area contributed by atoms with Crippen LogP contribution in [0.5, 0.6) is 5.75 Å². The average Bonchev–Trinajstić information content (AvgIpc) is 2.52. The normalized spacial score (nSPS) is 11.6. The molecule has 0 radical (unpaired) electrons. The molecule has 0 unspecified atom stereocenters. The number of Topliss-reactive ketones (excluding diaryl/α,β-unsaturated/α-hetero) is 1. The molecule has 23 heavy (non-hydrogen) atoms. The molecule has 0 fully saturated rings. The van der Waals surface area contributed by atoms with Crippen molar-refractivity contribution in [2.45, 2.75) is 33.3 Å². The van der Waals surface area contributed by atoms with Crippen LogP contribution in [0.2, 0.25) is 0 Å². The van der Waals surface area contributed by atoms with Crippen LogP contribution in [0.25, 0.3) is 0 Å². The lowest BCUT2D eigenvalue weighted by Crippen LogP contribution is -2.32. The smallest absolute Gasteiger partial charge is 0.265 e. The Morgan fingerprint density at radius 2 is 1.87 bits per heavy atom. The molecule has 0 spiro atoms. The molecule has 2 rings (SSSR count). The molecule has 1 atom stereocenters. The van der Waals surface area contributed by atoms with Gasteiger partial charge in [0.05, 0.1) is 0 Å². The van der Waals surface area contributed by atoms with Crippen molar-refractivity contribution in [2.24, 2.45) is 0 Å². The van der Waals surface area contributed by atoms with E-state index in [0.29, 0.717) is 23.4 Å². The number of benzene rings is 2. The maximum absolute atomic E-state index is 12.4. The SMILES string of the molecule is CC[C@@H](Oc1cccc(C)c1)C(=O)Nc1cccc(C(C)=O)c1. The van der Waals surface area contributed by atoms with Crippen molar-refractivity contribution >= 4 is 17.4 Å². The summed E-state index contributed by atoms with van der Waals surface area (Å²) in [4.78, 5) is 23.8. The van der Waals surface area contributed by atoms with Gasteiger partial charge in [0.25, 0.3) is 5.91 Å². The molecule has 4 heteroatoms. The highest BCUT2D eigenvalue weighted by atomic mass is 16.5. The first-order valence-electron chi connectivity index (χ1n) is 7.64. The van der Waals surface area contributed by atoms with Crippen LogP contribution in [0.3, 0.4) is 0 Å². The lowest BCUT2D eigenvalue weighted by atomic mass is 10.1. The van der Waals surface area contributed by atoms with Gasteiger partial charge in [-0.2, -0.15) is 0 Å². The Labute approximate surface area is 136 Å². The number of amides is 1. The van der Waals surface area contributed by atoms with Gasteiger partial charge in [0.2, 0.25) is 0 Å². The number of hydrogen-bond donors (Lipinski definition) is 1. The lowest BCUT2D eigenvalue weighted by Gasteiger charge is -2.17. The molecule has 1 N–H and O–H groups in total. The molecule has 2 aromatic carbocycles. The van der Waals surface area contributed by atoms with E-state index in [-0.39, 0.29) is 11.7 Å². The van der Waals surface area contributed by atoms with E-state index in [9.17, 15) is 9.59 Å². The first-order chi connectivity index (χ1) is 11.0. The summed E-state index contributed by atoms with van der Waals surface area (Å²) < 4.78 is 5.78. The largest absolute Gasteiger partial charge is 0.481 e. The predicted octanol–water partition coefficient (Wildman–Crippen LogP) is 3.99. The summed E-state index contributed by atoms with van der Waals surface area (Å²) in [6.45, 7) is 5.36. The minimum atomic E-state index is -0.585. The van der Waals surface area contributed by atoms with Crippen LogP contribution in [0.1, 0.15) is 36.2 Å². The van der Waals surface area contributed by atoms with E-state index in [4.69, 9.17) is 4.74 Å². The van der Waals surface area contributed by atoms with E-state index in [0.717, 1.165) is 5.56 Å². The molecule has 0 aliphatic rings. The highest BCUT2D eigenvalue weighted by molar-refractivity contribution is 5.98. The summed E-state index contributed by atoms with van der Waals surface area (Å²) in [5, 5.41) is 2.81. The molecule has 0 saturated heterocycles. The van der Waals surface area contributed by atoms with Gasteiger partial charge in [0, 0.05) is 11.3 Å². The summed E-state index contributed by atoms with van der Waals surface area (Å²) in [7, 11) is 0. The van der Waals surface area contributed by atoms with Crippen LogP contribution in [0, 0.1) is 6.92 Å². The van der Waals surface area contributed by atoms with E-state index in [1.54, 1.807) is 24.3 Å². The molecule has 120 valence electrons. The second-order valence-electron chi connectivity index (χ2n) is 5.46. The van der Waals surface area contributed by atoms with E-state index in [2.05, 4.69) is 5.32 Å². The average molecular weight is 311 g/mol. The fourth-order valence-corrected chi connectivity index (χ4v) is 2.21. The standard InChI is InChI=1S/C19H21NO3/c1-4-18(23-17-10-5-7-13(2)11-17)19(22)20-16-9-6-8-15(12-16)14(3)21/h5-12,18H,4H2,1-3H3,(H,20,22)/t18-/m1/s1. The van der Waals surface area contributed by atoms with E-state index in [1.165, 1.54) is 6.92 Å². The van der Waals surface area contributed by atoms with Gasteiger partial charge in [-0.25, -0.2) is 0 Å².